The first-order valence-electron chi connectivity index (χ1n) is 4.40. The summed E-state index contributed by atoms with van der Waals surface area (Å²) in [6, 6.07) is 7.53. The van der Waals surface area contributed by atoms with Gasteiger partial charge in [-0.3, -0.25) is 0 Å². The van der Waals surface area contributed by atoms with Crippen LogP contribution in [0.4, 0.5) is 0 Å². The maximum Gasteiger partial charge on any atom is 0.161 e. The summed E-state index contributed by atoms with van der Waals surface area (Å²) < 4.78 is 10.6. The molecule has 0 amide bonds. The van der Waals surface area contributed by atoms with Crippen molar-refractivity contribution < 1.29 is 14.3 Å². The van der Waals surface area contributed by atoms with E-state index in [-0.39, 0.29) is 0 Å². The van der Waals surface area contributed by atoms with Gasteiger partial charge in [0.25, 0.3) is 0 Å². The lowest BCUT2D eigenvalue weighted by Gasteiger charge is -2.09. The normalized spacial score (nSPS) is 9.86. The molecule has 1 aromatic carbocycles. The number of rotatable bonds is 6. The van der Waals surface area contributed by atoms with Crippen LogP contribution in [0.1, 0.15) is 0 Å². The van der Waals surface area contributed by atoms with Crippen molar-refractivity contribution in [3.8, 4) is 11.5 Å². The van der Waals surface area contributed by atoms with Crippen LogP contribution >= 0.6 is 0 Å². The second-order valence-corrected chi connectivity index (χ2v) is 2.60. The highest BCUT2D eigenvalue weighted by molar-refractivity contribution is 5.39. The molecule has 0 bridgehead atoms. The van der Waals surface area contributed by atoms with Crippen LogP contribution in [-0.4, -0.2) is 27.4 Å². The first-order chi connectivity index (χ1) is 6.88. The number of ether oxygens (including phenoxy) is 2. The van der Waals surface area contributed by atoms with E-state index in [1.165, 1.54) is 0 Å². The zero-order valence-electron chi connectivity index (χ0n) is 8.45. The first-order valence-corrected chi connectivity index (χ1v) is 4.40. The summed E-state index contributed by atoms with van der Waals surface area (Å²) in [6.45, 7) is 1.17. The van der Waals surface area contributed by atoms with Crippen molar-refractivity contribution in [3.05, 3.63) is 24.3 Å². The van der Waals surface area contributed by atoms with Gasteiger partial charge in [-0.1, -0.05) is 12.1 Å². The fraction of sp³-hybridized carbons (Fsp3) is 0.400. The molecule has 0 atom stereocenters. The van der Waals surface area contributed by atoms with E-state index in [4.69, 9.17) is 9.47 Å². The highest BCUT2D eigenvalue weighted by atomic mass is 16.6. The van der Waals surface area contributed by atoms with Gasteiger partial charge in [0.15, 0.2) is 11.5 Å². The lowest BCUT2D eigenvalue weighted by molar-refractivity contribution is 0.0804. The predicted molar refractivity (Wildman–Crippen MR) is 53.5 cm³/mol. The monoisotopic (exact) mass is 197 g/mol. The maximum absolute atomic E-state index is 5.46. The number of nitrogens with one attached hydrogen (secondary N) is 1. The van der Waals surface area contributed by atoms with Gasteiger partial charge in [0, 0.05) is 0 Å². The van der Waals surface area contributed by atoms with E-state index in [0.717, 1.165) is 11.5 Å². The highest BCUT2D eigenvalue weighted by Gasteiger charge is 2.00. The molecule has 0 aliphatic heterocycles. The van der Waals surface area contributed by atoms with Gasteiger partial charge in [-0.15, -0.1) is 0 Å². The molecule has 0 spiro atoms. The average molecular weight is 197 g/mol. The lowest BCUT2D eigenvalue weighted by Crippen LogP contribution is -2.19. The van der Waals surface area contributed by atoms with Crippen LogP contribution in [-0.2, 0) is 4.84 Å². The zero-order valence-corrected chi connectivity index (χ0v) is 8.45. The van der Waals surface area contributed by atoms with E-state index in [2.05, 4.69) is 10.3 Å². The van der Waals surface area contributed by atoms with Crippen molar-refractivity contribution in [2.24, 2.45) is 0 Å². The summed E-state index contributed by atoms with van der Waals surface area (Å²) in [5, 5.41) is 0. The van der Waals surface area contributed by atoms with Crippen LogP contribution in [0.3, 0.4) is 0 Å². The fourth-order valence-electron chi connectivity index (χ4n) is 1.04. The number of benzene rings is 1. The Balaban J connectivity index is 2.41. The van der Waals surface area contributed by atoms with Crippen LogP contribution in [0, 0.1) is 0 Å². The predicted octanol–water partition coefficient (Wildman–Crippen LogP) is 1.22. The molecule has 1 N–H and O–H groups in total. The molecule has 0 radical (unpaired) electrons. The molecule has 78 valence electrons. The molecule has 0 saturated carbocycles. The SMILES string of the molecule is CONCCOc1ccccc1OC. The molecule has 14 heavy (non-hydrogen) atoms. The van der Waals surface area contributed by atoms with Crippen LogP contribution in [0.5, 0.6) is 11.5 Å². The molecule has 0 aliphatic carbocycles. The van der Waals surface area contributed by atoms with Crippen molar-refractivity contribution >= 4 is 0 Å². The number of methoxy groups -OCH3 is 1. The van der Waals surface area contributed by atoms with E-state index < -0.39 is 0 Å². The van der Waals surface area contributed by atoms with Crippen molar-refractivity contribution in [1.82, 2.24) is 5.48 Å². The maximum atomic E-state index is 5.46. The molecule has 0 aromatic heterocycles. The molecular formula is C10H15NO3. The average Bonchev–Trinajstić information content (AvgIpc) is 2.25. The number of hydrogen-bond donors (Lipinski definition) is 1. The van der Waals surface area contributed by atoms with E-state index in [9.17, 15) is 0 Å². The van der Waals surface area contributed by atoms with Crippen molar-refractivity contribution in [2.75, 3.05) is 27.4 Å². The largest absolute Gasteiger partial charge is 0.493 e. The Hall–Kier alpha value is -1.26. The van der Waals surface area contributed by atoms with Crippen LogP contribution in [0.2, 0.25) is 0 Å². The Labute approximate surface area is 83.7 Å². The summed E-state index contributed by atoms with van der Waals surface area (Å²) >= 11 is 0. The van der Waals surface area contributed by atoms with Gasteiger partial charge in [0.05, 0.1) is 20.8 Å². The van der Waals surface area contributed by atoms with Gasteiger partial charge in [0.2, 0.25) is 0 Å². The minimum Gasteiger partial charge on any atom is -0.493 e. The fourth-order valence-corrected chi connectivity index (χ4v) is 1.04. The van der Waals surface area contributed by atoms with Crippen molar-refractivity contribution in [3.63, 3.8) is 0 Å². The molecule has 0 heterocycles. The zero-order chi connectivity index (χ0) is 10.2. The summed E-state index contributed by atoms with van der Waals surface area (Å²) in [7, 11) is 3.19. The third kappa shape index (κ3) is 3.24. The van der Waals surface area contributed by atoms with E-state index in [0.29, 0.717) is 13.2 Å². The molecule has 1 rings (SSSR count). The van der Waals surface area contributed by atoms with Gasteiger partial charge in [-0.25, -0.2) is 0 Å². The van der Waals surface area contributed by atoms with Crippen molar-refractivity contribution in [1.29, 1.82) is 0 Å². The second kappa shape index (κ2) is 6.23. The summed E-state index contributed by atoms with van der Waals surface area (Å²) in [5.74, 6) is 1.48. The Bertz CT molecular complexity index is 265. The summed E-state index contributed by atoms with van der Waals surface area (Å²) in [4.78, 5) is 4.68. The minimum atomic E-state index is 0.536. The molecule has 1 aromatic rings. The van der Waals surface area contributed by atoms with Gasteiger partial charge < -0.3 is 14.3 Å². The first kappa shape index (κ1) is 10.8. The summed E-state index contributed by atoms with van der Waals surface area (Å²) in [5.41, 5.74) is 2.69. The highest BCUT2D eigenvalue weighted by Crippen LogP contribution is 2.25. The topological polar surface area (TPSA) is 39.7 Å². The molecule has 0 fully saturated rings. The summed E-state index contributed by atoms with van der Waals surface area (Å²) in [6.07, 6.45) is 0. The van der Waals surface area contributed by atoms with E-state index in [1.807, 2.05) is 24.3 Å². The Morgan fingerprint density at radius 3 is 2.50 bits per heavy atom. The Kier molecular flexibility index (Phi) is 4.82. The van der Waals surface area contributed by atoms with E-state index >= 15 is 0 Å². The number of hydrogen-bond acceptors (Lipinski definition) is 4. The number of para-hydroxylation sites is 2. The molecule has 0 unspecified atom stereocenters. The third-order valence-corrected chi connectivity index (χ3v) is 1.68. The minimum absolute atomic E-state index is 0.536. The second-order valence-electron chi connectivity index (χ2n) is 2.60. The molecule has 0 aliphatic rings. The van der Waals surface area contributed by atoms with Gasteiger partial charge >= 0.3 is 0 Å². The molecular weight excluding hydrogens is 182 g/mol. The molecule has 4 nitrogen and oxygen atoms in total. The Morgan fingerprint density at radius 2 is 1.86 bits per heavy atom. The van der Waals surface area contributed by atoms with Crippen LogP contribution < -0.4 is 15.0 Å². The quantitative estimate of drug-likeness (QED) is 0.550. The van der Waals surface area contributed by atoms with Crippen LogP contribution in [0.15, 0.2) is 24.3 Å². The van der Waals surface area contributed by atoms with Gasteiger partial charge in [-0.05, 0) is 12.1 Å². The Morgan fingerprint density at radius 1 is 1.14 bits per heavy atom. The van der Waals surface area contributed by atoms with Gasteiger partial charge in [-0.2, -0.15) is 5.48 Å². The van der Waals surface area contributed by atoms with E-state index in [1.54, 1.807) is 14.2 Å². The molecule has 4 heteroatoms. The smallest absolute Gasteiger partial charge is 0.161 e. The number of hydroxylamine groups is 1. The standard InChI is InChI=1S/C10H15NO3/c1-12-9-5-3-4-6-10(9)14-8-7-11-13-2/h3-6,11H,7-8H2,1-2H3. The third-order valence-electron chi connectivity index (χ3n) is 1.68. The lowest BCUT2D eigenvalue weighted by atomic mass is 10.3. The van der Waals surface area contributed by atoms with Gasteiger partial charge in [0.1, 0.15) is 6.61 Å². The van der Waals surface area contributed by atoms with Crippen LogP contribution in [0.25, 0.3) is 0 Å². The van der Waals surface area contributed by atoms with Crippen molar-refractivity contribution in [2.45, 2.75) is 0 Å². The molecule has 0 saturated heterocycles.